The lowest BCUT2D eigenvalue weighted by atomic mass is 9.72. The Morgan fingerprint density at radius 1 is 1.24 bits per heavy atom. The zero-order chi connectivity index (χ0) is 15.3. The molecule has 0 bridgehead atoms. The quantitative estimate of drug-likeness (QED) is 0.846. The van der Waals surface area contributed by atoms with Gasteiger partial charge in [-0.25, -0.2) is 0 Å². The third kappa shape index (κ3) is 3.78. The molecule has 2 N–H and O–H groups in total. The van der Waals surface area contributed by atoms with Crippen LogP contribution < -0.4 is 5.73 Å². The van der Waals surface area contributed by atoms with Gasteiger partial charge in [-0.1, -0.05) is 26.2 Å². The van der Waals surface area contributed by atoms with Crippen molar-refractivity contribution in [3.8, 4) is 0 Å². The van der Waals surface area contributed by atoms with Crippen LogP contribution in [0.5, 0.6) is 0 Å². The van der Waals surface area contributed by atoms with E-state index in [1.807, 2.05) is 11.9 Å². The third-order valence-corrected chi connectivity index (χ3v) is 5.62. The molecule has 21 heavy (non-hydrogen) atoms. The molecule has 0 spiro atoms. The van der Waals surface area contributed by atoms with E-state index in [4.69, 9.17) is 5.73 Å². The van der Waals surface area contributed by atoms with Gasteiger partial charge in [-0.3, -0.25) is 4.79 Å². The molecule has 1 saturated carbocycles. The van der Waals surface area contributed by atoms with Gasteiger partial charge in [0.15, 0.2) is 0 Å². The van der Waals surface area contributed by atoms with Crippen molar-refractivity contribution in [1.29, 1.82) is 0 Å². The van der Waals surface area contributed by atoms with Crippen molar-refractivity contribution in [1.82, 2.24) is 9.80 Å². The first kappa shape index (κ1) is 16.8. The molecule has 2 fully saturated rings. The summed E-state index contributed by atoms with van der Waals surface area (Å²) in [5.41, 5.74) is 5.76. The van der Waals surface area contributed by atoms with E-state index < -0.39 is 0 Å². The maximum atomic E-state index is 13.0. The molecule has 2 rings (SSSR count). The summed E-state index contributed by atoms with van der Waals surface area (Å²) in [5, 5.41) is 0. The Bertz CT molecular complexity index is 331. The molecule has 0 aromatic rings. The summed E-state index contributed by atoms with van der Waals surface area (Å²) in [4.78, 5) is 17.6. The van der Waals surface area contributed by atoms with E-state index in [1.54, 1.807) is 0 Å². The first-order chi connectivity index (χ1) is 10.1. The van der Waals surface area contributed by atoms with Gasteiger partial charge in [-0.05, 0) is 38.6 Å². The predicted octanol–water partition coefficient (Wildman–Crippen LogP) is 2.23. The molecule has 1 saturated heterocycles. The fourth-order valence-electron chi connectivity index (χ4n) is 4.12. The first-order valence-corrected chi connectivity index (χ1v) is 8.82. The molecule has 122 valence electrons. The molecule has 0 radical (unpaired) electrons. The summed E-state index contributed by atoms with van der Waals surface area (Å²) in [6.07, 6.45) is 9.00. The number of piperidine rings is 1. The topological polar surface area (TPSA) is 49.6 Å². The molecule has 4 heteroatoms. The van der Waals surface area contributed by atoms with E-state index in [-0.39, 0.29) is 5.41 Å². The van der Waals surface area contributed by atoms with Crippen molar-refractivity contribution in [2.24, 2.45) is 11.1 Å². The van der Waals surface area contributed by atoms with Crippen LogP contribution in [-0.2, 0) is 4.79 Å². The second-order valence-corrected chi connectivity index (χ2v) is 7.03. The second-order valence-electron chi connectivity index (χ2n) is 7.03. The number of likely N-dealkylation sites (tertiary alicyclic amines) is 1. The molecule has 1 amide bonds. The van der Waals surface area contributed by atoms with E-state index in [1.165, 1.54) is 19.4 Å². The monoisotopic (exact) mass is 295 g/mol. The molecule has 1 aliphatic heterocycles. The normalized spacial score (nSPS) is 24.0. The van der Waals surface area contributed by atoms with Crippen molar-refractivity contribution in [3.05, 3.63) is 0 Å². The van der Waals surface area contributed by atoms with Gasteiger partial charge in [0.05, 0.1) is 5.41 Å². The molecule has 0 atom stereocenters. The van der Waals surface area contributed by atoms with Crippen LogP contribution in [0.1, 0.15) is 58.3 Å². The minimum absolute atomic E-state index is 0.256. The Kier molecular flexibility index (Phi) is 6.06. The maximum Gasteiger partial charge on any atom is 0.230 e. The largest absolute Gasteiger partial charge is 0.342 e. The Balaban J connectivity index is 1.93. The highest BCUT2D eigenvalue weighted by Crippen LogP contribution is 2.37. The zero-order valence-corrected chi connectivity index (χ0v) is 13.9. The molecule has 1 heterocycles. The number of nitrogens with zero attached hydrogens (tertiary/aromatic N) is 2. The Morgan fingerprint density at radius 3 is 2.38 bits per heavy atom. The fraction of sp³-hybridized carbons (Fsp3) is 0.941. The molecular weight excluding hydrogens is 262 g/mol. The Labute approximate surface area is 130 Å². The van der Waals surface area contributed by atoms with Gasteiger partial charge in [0.1, 0.15) is 0 Å². The average molecular weight is 295 g/mol. The van der Waals surface area contributed by atoms with Crippen LogP contribution in [-0.4, -0.2) is 55.0 Å². The molecule has 4 nitrogen and oxygen atoms in total. The minimum atomic E-state index is -0.256. The van der Waals surface area contributed by atoms with Crippen molar-refractivity contribution < 1.29 is 4.79 Å². The van der Waals surface area contributed by atoms with E-state index in [0.717, 1.165) is 51.6 Å². The number of carbonyl (C=O) groups excluding carboxylic acids is 1. The summed E-state index contributed by atoms with van der Waals surface area (Å²) in [7, 11) is 2.01. The van der Waals surface area contributed by atoms with Gasteiger partial charge in [0.25, 0.3) is 0 Å². The van der Waals surface area contributed by atoms with Crippen LogP contribution in [0.2, 0.25) is 0 Å². The van der Waals surface area contributed by atoms with Crippen LogP contribution in [0, 0.1) is 5.41 Å². The highest BCUT2D eigenvalue weighted by molar-refractivity contribution is 5.83. The van der Waals surface area contributed by atoms with E-state index in [0.29, 0.717) is 18.5 Å². The highest BCUT2D eigenvalue weighted by Gasteiger charge is 2.41. The second kappa shape index (κ2) is 7.59. The smallest absolute Gasteiger partial charge is 0.230 e. The number of hydrogen-bond acceptors (Lipinski definition) is 3. The lowest BCUT2D eigenvalue weighted by molar-refractivity contribution is -0.145. The first-order valence-electron chi connectivity index (χ1n) is 8.82. The van der Waals surface area contributed by atoms with Crippen LogP contribution >= 0.6 is 0 Å². The summed E-state index contributed by atoms with van der Waals surface area (Å²) in [6, 6.07) is 0.413. The lowest BCUT2D eigenvalue weighted by Gasteiger charge is -2.43. The predicted molar refractivity (Wildman–Crippen MR) is 87.1 cm³/mol. The summed E-state index contributed by atoms with van der Waals surface area (Å²) in [6.45, 7) is 6.20. The number of nitrogens with two attached hydrogens (primary N) is 1. The van der Waals surface area contributed by atoms with Crippen molar-refractivity contribution in [2.45, 2.75) is 64.3 Å². The summed E-state index contributed by atoms with van der Waals surface area (Å²) in [5.74, 6) is 0.318. The summed E-state index contributed by atoms with van der Waals surface area (Å²) >= 11 is 0. The number of amides is 1. The molecule has 0 aromatic carbocycles. The van der Waals surface area contributed by atoms with E-state index in [9.17, 15) is 4.79 Å². The van der Waals surface area contributed by atoms with Crippen molar-refractivity contribution in [2.75, 3.05) is 33.2 Å². The molecule has 0 aromatic heterocycles. The van der Waals surface area contributed by atoms with E-state index in [2.05, 4.69) is 11.8 Å². The number of rotatable bonds is 5. The van der Waals surface area contributed by atoms with Crippen LogP contribution in [0.3, 0.4) is 0 Å². The van der Waals surface area contributed by atoms with Gasteiger partial charge in [-0.15, -0.1) is 0 Å². The van der Waals surface area contributed by atoms with Crippen molar-refractivity contribution >= 4 is 5.91 Å². The highest BCUT2D eigenvalue weighted by atomic mass is 16.2. The standard InChI is InChI=1S/C17H33N3O/c1-3-11-20-12-7-15(8-13-20)19(2)16(21)17(14-18)9-5-4-6-10-17/h15H,3-14,18H2,1-2H3. The van der Waals surface area contributed by atoms with Crippen LogP contribution in [0.15, 0.2) is 0 Å². The Morgan fingerprint density at radius 2 is 1.86 bits per heavy atom. The lowest BCUT2D eigenvalue weighted by Crippen LogP contribution is -2.53. The average Bonchev–Trinajstić information content (AvgIpc) is 2.55. The molecule has 2 aliphatic rings. The SMILES string of the molecule is CCCN1CCC(N(C)C(=O)C2(CN)CCCCC2)CC1. The fourth-order valence-corrected chi connectivity index (χ4v) is 4.12. The van der Waals surface area contributed by atoms with Gasteiger partial charge in [0, 0.05) is 32.7 Å². The van der Waals surface area contributed by atoms with Crippen molar-refractivity contribution in [3.63, 3.8) is 0 Å². The molecular formula is C17H33N3O. The third-order valence-electron chi connectivity index (χ3n) is 5.62. The Hall–Kier alpha value is -0.610. The van der Waals surface area contributed by atoms with Crippen LogP contribution in [0.4, 0.5) is 0 Å². The molecule has 0 unspecified atom stereocenters. The van der Waals surface area contributed by atoms with Gasteiger partial charge in [0.2, 0.25) is 5.91 Å². The van der Waals surface area contributed by atoms with Gasteiger partial charge < -0.3 is 15.5 Å². The minimum Gasteiger partial charge on any atom is -0.342 e. The van der Waals surface area contributed by atoms with Crippen LogP contribution in [0.25, 0.3) is 0 Å². The summed E-state index contributed by atoms with van der Waals surface area (Å²) < 4.78 is 0. The maximum absolute atomic E-state index is 13.0. The number of carbonyl (C=O) groups is 1. The van der Waals surface area contributed by atoms with E-state index >= 15 is 0 Å². The zero-order valence-electron chi connectivity index (χ0n) is 13.9. The van der Waals surface area contributed by atoms with Gasteiger partial charge in [-0.2, -0.15) is 0 Å². The number of hydrogen-bond donors (Lipinski definition) is 1. The van der Waals surface area contributed by atoms with Gasteiger partial charge >= 0.3 is 0 Å². The molecule has 1 aliphatic carbocycles.